The topological polar surface area (TPSA) is 41.6 Å². The molecule has 0 aliphatic carbocycles. The predicted octanol–water partition coefficient (Wildman–Crippen LogP) is 3.74. The summed E-state index contributed by atoms with van der Waals surface area (Å²) in [5, 5.41) is 3.24. The van der Waals surface area contributed by atoms with E-state index >= 15 is 0 Å². The van der Waals surface area contributed by atoms with Gasteiger partial charge >= 0.3 is 0 Å². The fourth-order valence-electron chi connectivity index (χ4n) is 1.72. The first-order chi connectivity index (χ1) is 9.98. The maximum atomic E-state index is 12.1. The van der Waals surface area contributed by atoms with Gasteiger partial charge in [0, 0.05) is 32.4 Å². The molecule has 1 amide bonds. The monoisotopic (exact) mass is 322 g/mol. The molecule has 4 nitrogen and oxygen atoms in total. The molecule has 0 aromatic heterocycles. The van der Waals surface area contributed by atoms with Gasteiger partial charge in [-0.3, -0.25) is 4.79 Å². The van der Waals surface area contributed by atoms with Gasteiger partial charge in [0.1, 0.15) is 5.75 Å². The van der Waals surface area contributed by atoms with Crippen molar-refractivity contribution in [3.05, 3.63) is 23.8 Å². The van der Waals surface area contributed by atoms with E-state index in [1.165, 1.54) is 0 Å². The van der Waals surface area contributed by atoms with Gasteiger partial charge in [-0.1, -0.05) is 20.8 Å². The van der Waals surface area contributed by atoms with E-state index in [4.69, 9.17) is 4.43 Å². The Morgan fingerprint density at radius 2 is 1.86 bits per heavy atom. The second-order valence-electron chi connectivity index (χ2n) is 7.40. The first-order valence-electron chi connectivity index (χ1n) is 7.68. The molecule has 0 saturated carbocycles. The van der Waals surface area contributed by atoms with Crippen molar-refractivity contribution in [2.24, 2.45) is 0 Å². The molecule has 0 heterocycles. The van der Waals surface area contributed by atoms with Crippen molar-refractivity contribution in [2.45, 2.75) is 45.3 Å². The highest BCUT2D eigenvalue weighted by molar-refractivity contribution is 6.74. The summed E-state index contributed by atoms with van der Waals surface area (Å²) in [6, 6.07) is 5.97. The third-order valence-electron chi connectivity index (χ3n) is 4.36. The van der Waals surface area contributed by atoms with Gasteiger partial charge in [0.25, 0.3) is 0 Å². The Morgan fingerprint density at radius 1 is 1.27 bits per heavy atom. The van der Waals surface area contributed by atoms with Crippen LogP contribution in [0.2, 0.25) is 18.1 Å². The third-order valence-corrected chi connectivity index (χ3v) is 8.70. The molecule has 0 fully saturated rings. The number of rotatable bonds is 5. The Kier molecular flexibility index (Phi) is 5.68. The van der Waals surface area contributed by atoms with Crippen LogP contribution in [0, 0.1) is 0 Å². The normalized spacial score (nSPS) is 12.0. The average molecular weight is 323 g/mol. The van der Waals surface area contributed by atoms with E-state index in [-0.39, 0.29) is 10.9 Å². The van der Waals surface area contributed by atoms with Gasteiger partial charge in [0.15, 0.2) is 0 Å². The summed E-state index contributed by atoms with van der Waals surface area (Å²) in [7, 11) is 3.50. The lowest BCUT2D eigenvalue weighted by Gasteiger charge is -2.37. The van der Waals surface area contributed by atoms with E-state index < -0.39 is 8.32 Å². The van der Waals surface area contributed by atoms with Crippen LogP contribution < -0.4 is 9.74 Å². The summed E-state index contributed by atoms with van der Waals surface area (Å²) in [6.45, 7) is 11.1. The summed E-state index contributed by atoms with van der Waals surface area (Å²) in [5.74, 6) is 0.911. The second kappa shape index (κ2) is 6.73. The van der Waals surface area contributed by atoms with Gasteiger partial charge in [0.2, 0.25) is 14.2 Å². The summed E-state index contributed by atoms with van der Waals surface area (Å²) < 4.78 is 6.42. The van der Waals surface area contributed by atoms with Crippen LogP contribution in [0.4, 0.5) is 5.69 Å². The van der Waals surface area contributed by atoms with Gasteiger partial charge in [-0.25, -0.2) is 0 Å². The van der Waals surface area contributed by atoms with Gasteiger partial charge in [-0.2, -0.15) is 0 Å². The highest BCUT2D eigenvalue weighted by Crippen LogP contribution is 2.38. The molecule has 0 aliphatic heterocycles. The molecule has 22 heavy (non-hydrogen) atoms. The van der Waals surface area contributed by atoms with Crippen molar-refractivity contribution in [1.29, 1.82) is 0 Å². The molecule has 0 aliphatic rings. The molecule has 0 saturated heterocycles. The van der Waals surface area contributed by atoms with Crippen molar-refractivity contribution in [3.8, 4) is 5.75 Å². The van der Waals surface area contributed by atoms with Gasteiger partial charge in [0.05, 0.1) is 6.42 Å². The summed E-state index contributed by atoms with van der Waals surface area (Å²) in [5.41, 5.74) is 1.93. The van der Waals surface area contributed by atoms with Crippen LogP contribution in [0.5, 0.6) is 5.75 Å². The largest absolute Gasteiger partial charge is 0.543 e. The molecule has 0 unspecified atom stereocenters. The second-order valence-corrected chi connectivity index (χ2v) is 12.1. The number of hydrogen-bond donors (Lipinski definition) is 1. The molecule has 1 N–H and O–H groups in total. The van der Waals surface area contributed by atoms with Gasteiger partial charge < -0.3 is 14.6 Å². The number of amides is 1. The zero-order valence-corrected chi connectivity index (χ0v) is 16.2. The fourth-order valence-corrected chi connectivity index (χ4v) is 2.78. The SMILES string of the molecule is CNc1ccc(O[Si](C)(C)C(C)(C)C)c(CC(=O)N(C)C)c1. The average Bonchev–Trinajstić information content (AvgIpc) is 2.38. The molecule has 0 atom stereocenters. The van der Waals surface area contributed by atoms with Crippen molar-refractivity contribution < 1.29 is 9.22 Å². The van der Waals surface area contributed by atoms with E-state index in [1.54, 1.807) is 19.0 Å². The van der Waals surface area contributed by atoms with Crippen LogP contribution in [0.1, 0.15) is 26.3 Å². The summed E-state index contributed by atoms with van der Waals surface area (Å²) >= 11 is 0. The summed E-state index contributed by atoms with van der Waals surface area (Å²) in [4.78, 5) is 13.7. The van der Waals surface area contributed by atoms with Crippen molar-refractivity contribution in [3.63, 3.8) is 0 Å². The van der Waals surface area contributed by atoms with Crippen molar-refractivity contribution in [2.75, 3.05) is 26.5 Å². The van der Waals surface area contributed by atoms with Crippen LogP contribution >= 0.6 is 0 Å². The standard InChI is InChI=1S/C17H30N2O2Si/c1-17(2,3)22(7,8)21-15-10-9-14(18-4)11-13(15)12-16(20)19(5)6/h9-11,18H,12H2,1-8H3. The van der Waals surface area contributed by atoms with E-state index in [0.29, 0.717) is 6.42 Å². The van der Waals surface area contributed by atoms with E-state index in [2.05, 4.69) is 39.2 Å². The summed E-state index contributed by atoms with van der Waals surface area (Å²) in [6.07, 6.45) is 0.354. The van der Waals surface area contributed by atoms with E-state index in [9.17, 15) is 4.79 Å². The molecule has 5 heteroatoms. The Labute approximate surface area is 136 Å². The Balaban J connectivity index is 3.16. The van der Waals surface area contributed by atoms with Crippen molar-refractivity contribution >= 4 is 19.9 Å². The molecular weight excluding hydrogens is 292 g/mol. The first kappa shape index (κ1) is 18.6. The highest BCUT2D eigenvalue weighted by Gasteiger charge is 2.39. The number of carbonyl (C=O) groups excluding carboxylic acids is 1. The van der Waals surface area contributed by atoms with Crippen LogP contribution in [0.15, 0.2) is 18.2 Å². The maximum absolute atomic E-state index is 12.1. The Hall–Kier alpha value is -1.49. The van der Waals surface area contributed by atoms with Gasteiger partial charge in [-0.05, 0) is 36.3 Å². The van der Waals surface area contributed by atoms with Crippen LogP contribution in [0.25, 0.3) is 0 Å². The molecule has 1 aromatic rings. The number of carbonyl (C=O) groups is 1. The quantitative estimate of drug-likeness (QED) is 0.840. The molecule has 124 valence electrons. The smallest absolute Gasteiger partial charge is 0.250 e. The number of nitrogens with one attached hydrogen (secondary N) is 1. The molecule has 0 spiro atoms. The fraction of sp³-hybridized carbons (Fsp3) is 0.588. The minimum atomic E-state index is -1.93. The molecule has 0 radical (unpaired) electrons. The lowest BCUT2D eigenvalue weighted by Crippen LogP contribution is -2.44. The Morgan fingerprint density at radius 3 is 2.32 bits per heavy atom. The molecular formula is C17H30N2O2Si. The minimum Gasteiger partial charge on any atom is -0.543 e. The van der Waals surface area contributed by atoms with E-state index in [0.717, 1.165) is 17.0 Å². The molecule has 0 bridgehead atoms. The number of hydrogen-bond acceptors (Lipinski definition) is 3. The van der Waals surface area contributed by atoms with Crippen LogP contribution in [-0.2, 0) is 11.2 Å². The number of benzene rings is 1. The lowest BCUT2D eigenvalue weighted by molar-refractivity contribution is -0.127. The first-order valence-corrected chi connectivity index (χ1v) is 10.6. The lowest BCUT2D eigenvalue weighted by atomic mass is 10.1. The van der Waals surface area contributed by atoms with Gasteiger partial charge in [-0.15, -0.1) is 0 Å². The van der Waals surface area contributed by atoms with Crippen molar-refractivity contribution in [1.82, 2.24) is 4.90 Å². The van der Waals surface area contributed by atoms with E-state index in [1.807, 2.05) is 25.2 Å². The molecule has 1 rings (SSSR count). The van der Waals surface area contributed by atoms with Crippen LogP contribution in [-0.4, -0.2) is 40.3 Å². The zero-order valence-electron chi connectivity index (χ0n) is 15.2. The number of anilines is 1. The maximum Gasteiger partial charge on any atom is 0.250 e. The zero-order chi connectivity index (χ0) is 17.1. The number of nitrogens with zero attached hydrogens (tertiary/aromatic N) is 1. The number of likely N-dealkylation sites (N-methyl/N-ethyl adjacent to an activating group) is 1. The predicted molar refractivity (Wildman–Crippen MR) is 96.2 cm³/mol. The highest BCUT2D eigenvalue weighted by atomic mass is 28.4. The third kappa shape index (κ3) is 4.50. The van der Waals surface area contributed by atoms with Crippen LogP contribution in [0.3, 0.4) is 0 Å². The Bertz CT molecular complexity index is 534. The minimum absolute atomic E-state index is 0.0772. The molecule has 1 aromatic carbocycles.